The van der Waals surface area contributed by atoms with Gasteiger partial charge in [0.1, 0.15) is 5.01 Å². The molecule has 2 aromatic carbocycles. The van der Waals surface area contributed by atoms with E-state index in [1.807, 2.05) is 0 Å². The lowest BCUT2D eigenvalue weighted by molar-refractivity contribution is -0.122. The van der Waals surface area contributed by atoms with Gasteiger partial charge in [-0.25, -0.2) is 4.98 Å². The fraction of sp³-hybridized carbons (Fsp3) is 0.360. The van der Waals surface area contributed by atoms with Crippen LogP contribution in [-0.4, -0.2) is 10.9 Å². The first kappa shape index (κ1) is 19.8. The minimum atomic E-state index is 0.184. The van der Waals surface area contributed by atoms with Gasteiger partial charge in [0, 0.05) is 29.5 Å². The number of aromatic nitrogens is 1. The maximum Gasteiger partial charge on any atom is 0.220 e. The number of hydrogen-bond acceptors (Lipinski definition) is 3. The van der Waals surface area contributed by atoms with Crippen molar-refractivity contribution in [3.05, 3.63) is 65.0 Å². The van der Waals surface area contributed by atoms with Crippen molar-refractivity contribution < 1.29 is 4.79 Å². The number of nitrogens with one attached hydrogen (secondary N) is 1. The number of carbonyl (C=O) groups is 1. The standard InChI is InChI=1S/C25H28N2OS/c1-18-7-11-21(12-8-18)23-17-29-25(27-23)22-13-9-20(10-14-22)16-26-24(28)15-19-5-3-2-4-6-19/h7-14,17,19H,2-6,15-16H2,1H3,(H,26,28). The third-order valence-corrected chi connectivity index (χ3v) is 6.63. The third-order valence-electron chi connectivity index (χ3n) is 5.74. The highest BCUT2D eigenvalue weighted by molar-refractivity contribution is 7.13. The molecular formula is C25H28N2OS. The average Bonchev–Trinajstić information content (AvgIpc) is 3.24. The number of amides is 1. The van der Waals surface area contributed by atoms with E-state index in [0.29, 0.717) is 18.9 Å². The lowest BCUT2D eigenvalue weighted by Crippen LogP contribution is -2.25. The van der Waals surface area contributed by atoms with Gasteiger partial charge >= 0.3 is 0 Å². The molecule has 0 aliphatic heterocycles. The van der Waals surface area contributed by atoms with Crippen LogP contribution in [0, 0.1) is 12.8 Å². The summed E-state index contributed by atoms with van der Waals surface area (Å²) in [7, 11) is 0. The van der Waals surface area contributed by atoms with Gasteiger partial charge in [0.25, 0.3) is 0 Å². The Morgan fingerprint density at radius 1 is 1.00 bits per heavy atom. The summed E-state index contributed by atoms with van der Waals surface area (Å²) in [4.78, 5) is 17.0. The summed E-state index contributed by atoms with van der Waals surface area (Å²) in [5.41, 5.74) is 5.66. The monoisotopic (exact) mass is 404 g/mol. The largest absolute Gasteiger partial charge is 0.352 e. The zero-order valence-corrected chi connectivity index (χ0v) is 17.8. The second-order valence-corrected chi connectivity index (χ2v) is 8.94. The minimum Gasteiger partial charge on any atom is -0.352 e. The Bertz CT molecular complexity index is 938. The molecule has 0 saturated heterocycles. The summed E-state index contributed by atoms with van der Waals surface area (Å²) in [5, 5.41) is 6.22. The number of rotatable bonds is 6. The first-order valence-electron chi connectivity index (χ1n) is 10.6. The molecule has 1 amide bonds. The van der Waals surface area contributed by atoms with Crippen molar-refractivity contribution in [3.63, 3.8) is 0 Å². The Labute approximate surface area is 177 Å². The lowest BCUT2D eigenvalue weighted by atomic mass is 9.87. The first-order valence-corrected chi connectivity index (χ1v) is 11.4. The Morgan fingerprint density at radius 3 is 2.41 bits per heavy atom. The predicted octanol–water partition coefficient (Wildman–Crippen LogP) is 6.37. The van der Waals surface area contributed by atoms with Crippen molar-refractivity contribution in [1.29, 1.82) is 0 Å². The molecule has 1 fully saturated rings. The molecule has 0 spiro atoms. The number of aryl methyl sites for hydroxylation is 1. The van der Waals surface area contributed by atoms with Crippen molar-refractivity contribution in [2.45, 2.75) is 52.0 Å². The highest BCUT2D eigenvalue weighted by Gasteiger charge is 2.16. The molecule has 3 nitrogen and oxygen atoms in total. The predicted molar refractivity (Wildman–Crippen MR) is 121 cm³/mol. The van der Waals surface area contributed by atoms with Crippen LogP contribution >= 0.6 is 11.3 Å². The van der Waals surface area contributed by atoms with Gasteiger partial charge in [0.05, 0.1) is 5.69 Å². The van der Waals surface area contributed by atoms with Crippen LogP contribution in [0.25, 0.3) is 21.8 Å². The fourth-order valence-electron chi connectivity index (χ4n) is 3.95. The first-order chi connectivity index (χ1) is 14.2. The van der Waals surface area contributed by atoms with Crippen LogP contribution in [0.5, 0.6) is 0 Å². The smallest absolute Gasteiger partial charge is 0.220 e. The van der Waals surface area contributed by atoms with Crippen LogP contribution in [0.4, 0.5) is 0 Å². The summed E-state index contributed by atoms with van der Waals surface area (Å²) in [6.07, 6.45) is 6.99. The van der Waals surface area contributed by atoms with Crippen LogP contribution in [0.15, 0.2) is 53.9 Å². The SMILES string of the molecule is Cc1ccc(-c2csc(-c3ccc(CNC(=O)CC4CCCCC4)cc3)n2)cc1. The Morgan fingerprint density at radius 2 is 1.69 bits per heavy atom. The van der Waals surface area contributed by atoms with Gasteiger partial charge in [-0.3, -0.25) is 4.79 Å². The summed E-state index contributed by atoms with van der Waals surface area (Å²) >= 11 is 1.66. The van der Waals surface area contributed by atoms with E-state index in [9.17, 15) is 4.79 Å². The van der Waals surface area contributed by atoms with Crippen molar-refractivity contribution in [2.75, 3.05) is 0 Å². The molecule has 1 aromatic heterocycles. The van der Waals surface area contributed by atoms with Gasteiger partial charge in [-0.05, 0) is 31.2 Å². The molecule has 29 heavy (non-hydrogen) atoms. The molecule has 1 aliphatic rings. The van der Waals surface area contributed by atoms with Gasteiger partial charge in [0.15, 0.2) is 0 Å². The van der Waals surface area contributed by atoms with Gasteiger partial charge in [0.2, 0.25) is 5.91 Å². The normalized spacial score (nSPS) is 14.7. The van der Waals surface area contributed by atoms with Crippen LogP contribution in [0.1, 0.15) is 49.7 Å². The Hall–Kier alpha value is -2.46. The van der Waals surface area contributed by atoms with E-state index >= 15 is 0 Å². The molecule has 1 aliphatic carbocycles. The average molecular weight is 405 g/mol. The quantitative estimate of drug-likeness (QED) is 0.518. The van der Waals surface area contributed by atoms with Gasteiger partial charge < -0.3 is 5.32 Å². The molecule has 0 radical (unpaired) electrons. The second-order valence-electron chi connectivity index (χ2n) is 8.09. The zero-order valence-electron chi connectivity index (χ0n) is 17.0. The molecule has 1 heterocycles. The maximum atomic E-state index is 12.2. The summed E-state index contributed by atoms with van der Waals surface area (Å²) in [6, 6.07) is 16.8. The second kappa shape index (κ2) is 9.36. The van der Waals surface area contributed by atoms with Crippen LogP contribution in [0.3, 0.4) is 0 Å². The number of hydrogen-bond donors (Lipinski definition) is 1. The molecule has 3 aromatic rings. The van der Waals surface area contributed by atoms with Crippen molar-refractivity contribution in [3.8, 4) is 21.8 Å². The van der Waals surface area contributed by atoms with E-state index in [1.165, 1.54) is 37.7 Å². The molecule has 150 valence electrons. The van der Waals surface area contributed by atoms with Crippen LogP contribution in [0.2, 0.25) is 0 Å². The molecule has 0 unspecified atom stereocenters. The summed E-state index contributed by atoms with van der Waals surface area (Å²) in [5.74, 6) is 0.766. The van der Waals surface area contributed by atoms with E-state index < -0.39 is 0 Å². The number of thiazole rings is 1. The van der Waals surface area contributed by atoms with Crippen molar-refractivity contribution >= 4 is 17.2 Å². The molecule has 0 bridgehead atoms. The summed E-state index contributed by atoms with van der Waals surface area (Å²) in [6.45, 7) is 2.69. The Balaban J connectivity index is 1.33. The number of benzene rings is 2. The van der Waals surface area contributed by atoms with E-state index in [1.54, 1.807) is 11.3 Å². The highest BCUT2D eigenvalue weighted by atomic mass is 32.1. The highest BCUT2D eigenvalue weighted by Crippen LogP contribution is 2.29. The topological polar surface area (TPSA) is 42.0 Å². The molecule has 4 rings (SSSR count). The van der Waals surface area contributed by atoms with E-state index in [0.717, 1.165) is 27.4 Å². The van der Waals surface area contributed by atoms with Crippen molar-refractivity contribution in [2.24, 2.45) is 5.92 Å². The molecule has 0 atom stereocenters. The summed E-state index contributed by atoms with van der Waals surface area (Å²) < 4.78 is 0. The zero-order chi connectivity index (χ0) is 20.1. The Kier molecular flexibility index (Phi) is 6.40. The number of nitrogens with zero attached hydrogens (tertiary/aromatic N) is 1. The van der Waals surface area contributed by atoms with E-state index in [4.69, 9.17) is 4.98 Å². The van der Waals surface area contributed by atoms with E-state index in [-0.39, 0.29) is 5.91 Å². The van der Waals surface area contributed by atoms with Gasteiger partial charge in [-0.15, -0.1) is 11.3 Å². The fourth-order valence-corrected chi connectivity index (χ4v) is 4.79. The lowest BCUT2D eigenvalue weighted by Gasteiger charge is -2.20. The maximum absolute atomic E-state index is 12.2. The molecular weight excluding hydrogens is 376 g/mol. The van der Waals surface area contributed by atoms with Gasteiger partial charge in [-0.2, -0.15) is 0 Å². The van der Waals surface area contributed by atoms with Crippen molar-refractivity contribution in [1.82, 2.24) is 10.3 Å². The van der Waals surface area contributed by atoms with Crippen LogP contribution in [-0.2, 0) is 11.3 Å². The molecule has 1 N–H and O–H groups in total. The molecule has 1 saturated carbocycles. The van der Waals surface area contributed by atoms with Crippen LogP contribution < -0.4 is 5.32 Å². The minimum absolute atomic E-state index is 0.184. The number of carbonyl (C=O) groups excluding carboxylic acids is 1. The van der Waals surface area contributed by atoms with E-state index in [2.05, 4.69) is 66.2 Å². The molecule has 4 heteroatoms. The third kappa shape index (κ3) is 5.33. The van der Waals surface area contributed by atoms with Gasteiger partial charge in [-0.1, -0.05) is 73.4 Å².